The maximum Gasteiger partial charge on any atom is 0.278 e. The number of aryl methyl sites for hydroxylation is 1. The topological polar surface area (TPSA) is 22.1 Å². The van der Waals surface area contributed by atoms with Gasteiger partial charge >= 0.3 is 0 Å². The molecule has 0 aliphatic rings. The van der Waals surface area contributed by atoms with Gasteiger partial charge in [-0.2, -0.15) is 0 Å². The Kier molecular flexibility index (Phi) is 2.70. The first-order chi connectivity index (χ1) is 6.75. The Morgan fingerprint density at radius 3 is 2.79 bits per heavy atom. The number of halogens is 1. The lowest BCUT2D eigenvalue weighted by Crippen LogP contribution is -1.83. The number of hydrogen-bond acceptors (Lipinski definition) is 3. The van der Waals surface area contributed by atoms with Crippen molar-refractivity contribution in [3.8, 4) is 10.9 Å². The van der Waals surface area contributed by atoms with Gasteiger partial charge in [0.05, 0.1) is 10.7 Å². The Morgan fingerprint density at radius 1 is 1.36 bits per heavy atom. The lowest BCUT2D eigenvalue weighted by molar-refractivity contribution is 0.478. The van der Waals surface area contributed by atoms with Gasteiger partial charge in [-0.3, -0.25) is 0 Å². The molecule has 0 bridgehead atoms. The molecule has 0 atom stereocenters. The molecule has 0 saturated carbocycles. The third kappa shape index (κ3) is 2.05. The standard InChI is InChI=1S/C10H8ClNOS/c1-7-6-14-10(12-7)13-9-5-3-2-4-8(9)11/h2-6H,1H3. The van der Waals surface area contributed by atoms with Crippen molar-refractivity contribution < 1.29 is 4.74 Å². The number of aromatic nitrogens is 1. The van der Waals surface area contributed by atoms with E-state index < -0.39 is 0 Å². The van der Waals surface area contributed by atoms with Crippen LogP contribution in [0, 0.1) is 6.92 Å². The van der Waals surface area contributed by atoms with Crippen molar-refractivity contribution in [2.24, 2.45) is 0 Å². The largest absolute Gasteiger partial charge is 0.429 e. The minimum atomic E-state index is 0.598. The monoisotopic (exact) mass is 225 g/mol. The van der Waals surface area contributed by atoms with Crippen molar-refractivity contribution in [1.29, 1.82) is 0 Å². The number of ether oxygens (including phenoxy) is 1. The van der Waals surface area contributed by atoms with Crippen LogP contribution in [-0.2, 0) is 0 Å². The first-order valence-corrected chi connectivity index (χ1v) is 5.36. The zero-order valence-corrected chi connectivity index (χ0v) is 9.10. The molecule has 0 aliphatic carbocycles. The Hall–Kier alpha value is -1.06. The van der Waals surface area contributed by atoms with Crippen molar-refractivity contribution >= 4 is 22.9 Å². The summed E-state index contributed by atoms with van der Waals surface area (Å²) in [7, 11) is 0. The zero-order chi connectivity index (χ0) is 9.97. The molecular formula is C10H8ClNOS. The summed E-state index contributed by atoms with van der Waals surface area (Å²) >= 11 is 7.39. The predicted octanol–water partition coefficient (Wildman–Crippen LogP) is 3.90. The van der Waals surface area contributed by atoms with E-state index >= 15 is 0 Å². The van der Waals surface area contributed by atoms with Gasteiger partial charge in [0.1, 0.15) is 5.75 Å². The molecule has 0 aliphatic heterocycles. The van der Waals surface area contributed by atoms with Gasteiger partial charge in [0.15, 0.2) is 0 Å². The molecule has 14 heavy (non-hydrogen) atoms. The fourth-order valence-corrected chi connectivity index (χ4v) is 1.83. The smallest absolute Gasteiger partial charge is 0.278 e. The summed E-state index contributed by atoms with van der Waals surface area (Å²) in [5.41, 5.74) is 0.956. The number of benzene rings is 1. The van der Waals surface area contributed by atoms with Crippen LogP contribution < -0.4 is 4.74 Å². The maximum atomic E-state index is 5.93. The number of para-hydroxylation sites is 1. The van der Waals surface area contributed by atoms with Crippen LogP contribution in [0.5, 0.6) is 10.9 Å². The van der Waals surface area contributed by atoms with E-state index in [9.17, 15) is 0 Å². The van der Waals surface area contributed by atoms with E-state index in [0.717, 1.165) is 5.69 Å². The summed E-state index contributed by atoms with van der Waals surface area (Å²) in [6, 6.07) is 7.35. The van der Waals surface area contributed by atoms with Gasteiger partial charge in [0.25, 0.3) is 5.19 Å². The van der Waals surface area contributed by atoms with Crippen LogP contribution >= 0.6 is 22.9 Å². The second kappa shape index (κ2) is 3.98. The summed E-state index contributed by atoms with van der Waals surface area (Å²) in [4.78, 5) is 4.18. The fraction of sp³-hybridized carbons (Fsp3) is 0.100. The van der Waals surface area contributed by atoms with Crippen molar-refractivity contribution in [1.82, 2.24) is 4.98 Å². The Bertz CT molecular complexity index is 441. The van der Waals surface area contributed by atoms with Crippen LogP contribution in [0.15, 0.2) is 29.6 Å². The van der Waals surface area contributed by atoms with Crippen LogP contribution in [-0.4, -0.2) is 4.98 Å². The van der Waals surface area contributed by atoms with Gasteiger partial charge in [-0.1, -0.05) is 35.1 Å². The van der Waals surface area contributed by atoms with Crippen LogP contribution in [0.25, 0.3) is 0 Å². The quantitative estimate of drug-likeness (QED) is 0.774. The molecule has 1 aromatic heterocycles. The van der Waals surface area contributed by atoms with Gasteiger partial charge in [-0.05, 0) is 19.1 Å². The van der Waals surface area contributed by atoms with E-state index in [1.165, 1.54) is 11.3 Å². The van der Waals surface area contributed by atoms with Crippen LogP contribution in [0.3, 0.4) is 0 Å². The Morgan fingerprint density at radius 2 is 2.14 bits per heavy atom. The lowest BCUT2D eigenvalue weighted by Gasteiger charge is -2.02. The number of hydrogen-bond donors (Lipinski definition) is 0. The molecule has 0 spiro atoms. The van der Waals surface area contributed by atoms with Gasteiger partial charge < -0.3 is 4.74 Å². The minimum Gasteiger partial charge on any atom is -0.429 e. The van der Waals surface area contributed by atoms with Crippen molar-refractivity contribution in [2.45, 2.75) is 6.92 Å². The summed E-state index contributed by atoms with van der Waals surface area (Å²) < 4.78 is 5.51. The van der Waals surface area contributed by atoms with Crippen LogP contribution in [0.1, 0.15) is 5.69 Å². The van der Waals surface area contributed by atoms with Crippen molar-refractivity contribution in [3.63, 3.8) is 0 Å². The molecule has 72 valence electrons. The average Bonchev–Trinajstić information content (AvgIpc) is 2.56. The second-order valence-electron chi connectivity index (χ2n) is 2.79. The molecule has 2 rings (SSSR count). The van der Waals surface area contributed by atoms with Crippen molar-refractivity contribution in [2.75, 3.05) is 0 Å². The van der Waals surface area contributed by atoms with Gasteiger partial charge in [0, 0.05) is 5.38 Å². The summed E-state index contributed by atoms with van der Waals surface area (Å²) in [5.74, 6) is 0.642. The van der Waals surface area contributed by atoms with E-state index in [-0.39, 0.29) is 0 Å². The van der Waals surface area contributed by atoms with E-state index in [4.69, 9.17) is 16.3 Å². The maximum absolute atomic E-state index is 5.93. The first kappa shape index (κ1) is 9.49. The van der Waals surface area contributed by atoms with E-state index in [2.05, 4.69) is 4.98 Å². The highest BCUT2D eigenvalue weighted by atomic mass is 35.5. The molecule has 0 saturated heterocycles. The predicted molar refractivity (Wildman–Crippen MR) is 58.4 cm³/mol. The van der Waals surface area contributed by atoms with Gasteiger partial charge in [-0.15, -0.1) is 0 Å². The SMILES string of the molecule is Cc1csc(Oc2ccccc2Cl)n1. The minimum absolute atomic E-state index is 0.598. The first-order valence-electron chi connectivity index (χ1n) is 4.10. The second-order valence-corrected chi connectivity index (χ2v) is 4.02. The molecule has 0 unspecified atom stereocenters. The molecule has 2 nitrogen and oxygen atoms in total. The fourth-order valence-electron chi connectivity index (χ4n) is 1.00. The third-order valence-corrected chi connectivity index (χ3v) is 2.78. The summed E-state index contributed by atoms with van der Waals surface area (Å²) in [6.45, 7) is 1.93. The zero-order valence-electron chi connectivity index (χ0n) is 7.53. The summed E-state index contributed by atoms with van der Waals surface area (Å²) in [6.07, 6.45) is 0. The molecule has 0 N–H and O–H groups in total. The molecule has 4 heteroatoms. The number of thiazole rings is 1. The van der Waals surface area contributed by atoms with E-state index in [0.29, 0.717) is 16.0 Å². The summed E-state index contributed by atoms with van der Waals surface area (Å²) in [5, 5.41) is 3.16. The normalized spacial score (nSPS) is 10.1. The molecule has 0 amide bonds. The highest BCUT2D eigenvalue weighted by Crippen LogP contribution is 2.30. The number of rotatable bonds is 2. The van der Waals surface area contributed by atoms with Crippen LogP contribution in [0.4, 0.5) is 0 Å². The lowest BCUT2D eigenvalue weighted by atomic mass is 10.3. The van der Waals surface area contributed by atoms with Crippen molar-refractivity contribution in [3.05, 3.63) is 40.4 Å². The average molecular weight is 226 g/mol. The van der Waals surface area contributed by atoms with Crippen LogP contribution in [0.2, 0.25) is 5.02 Å². The Labute approximate surface area is 91.1 Å². The van der Waals surface area contributed by atoms with Gasteiger partial charge in [0.2, 0.25) is 0 Å². The molecule has 2 aromatic rings. The third-order valence-electron chi connectivity index (χ3n) is 1.63. The Balaban J connectivity index is 2.23. The molecular weight excluding hydrogens is 218 g/mol. The highest BCUT2D eigenvalue weighted by Gasteiger charge is 2.04. The molecule has 1 heterocycles. The van der Waals surface area contributed by atoms with E-state index in [1.807, 2.05) is 30.5 Å². The number of nitrogens with zero attached hydrogens (tertiary/aromatic N) is 1. The molecule has 0 fully saturated rings. The molecule has 1 aromatic carbocycles. The molecule has 0 radical (unpaired) electrons. The highest BCUT2D eigenvalue weighted by molar-refractivity contribution is 7.11. The van der Waals surface area contributed by atoms with E-state index in [1.54, 1.807) is 6.07 Å². The van der Waals surface area contributed by atoms with Gasteiger partial charge in [-0.25, -0.2) is 4.98 Å².